The summed E-state index contributed by atoms with van der Waals surface area (Å²) in [5.74, 6) is -0.159. The van der Waals surface area contributed by atoms with Crippen LogP contribution in [0, 0.1) is 0 Å². The standard InChI is InChI=1S/C5H10INO2S/c1-10-3-2-5(6,7)4(8)9/h2-3,7H2,1H3,(H,8,9). The average Bonchev–Trinajstić information content (AvgIpc) is 1.84. The van der Waals surface area contributed by atoms with Crippen molar-refractivity contribution in [2.45, 2.75) is 9.97 Å². The summed E-state index contributed by atoms with van der Waals surface area (Å²) in [7, 11) is 0. The molecule has 0 spiro atoms. The van der Waals surface area contributed by atoms with Crippen LogP contribution in [0.5, 0.6) is 0 Å². The number of nitrogens with two attached hydrogens (primary N) is 1. The van der Waals surface area contributed by atoms with E-state index in [1.165, 1.54) is 0 Å². The summed E-state index contributed by atoms with van der Waals surface area (Å²) in [4.78, 5) is 10.4. The van der Waals surface area contributed by atoms with Gasteiger partial charge in [0.05, 0.1) is 0 Å². The lowest BCUT2D eigenvalue weighted by atomic mass is 10.2. The summed E-state index contributed by atoms with van der Waals surface area (Å²) in [5, 5.41) is 8.53. The first-order valence-corrected chi connectivity index (χ1v) is 5.18. The van der Waals surface area contributed by atoms with Crippen molar-refractivity contribution in [3.05, 3.63) is 0 Å². The van der Waals surface area contributed by atoms with E-state index in [4.69, 9.17) is 10.8 Å². The van der Waals surface area contributed by atoms with Crippen LogP contribution in [0.3, 0.4) is 0 Å². The molecule has 60 valence electrons. The second-order valence-electron chi connectivity index (χ2n) is 1.91. The lowest BCUT2D eigenvalue weighted by Crippen LogP contribution is -2.41. The smallest absolute Gasteiger partial charge is 0.333 e. The van der Waals surface area contributed by atoms with Gasteiger partial charge < -0.3 is 10.8 Å². The molecule has 0 aromatic heterocycles. The van der Waals surface area contributed by atoms with E-state index in [1.807, 2.05) is 6.26 Å². The Balaban J connectivity index is 3.75. The molecule has 0 heterocycles. The van der Waals surface area contributed by atoms with Crippen molar-refractivity contribution < 1.29 is 9.90 Å². The van der Waals surface area contributed by atoms with Crippen molar-refractivity contribution >= 4 is 40.3 Å². The van der Waals surface area contributed by atoms with Crippen molar-refractivity contribution in [3.8, 4) is 0 Å². The number of rotatable bonds is 4. The number of carboxylic acid groups (broad SMARTS) is 1. The van der Waals surface area contributed by atoms with E-state index in [0.29, 0.717) is 6.42 Å². The summed E-state index contributed by atoms with van der Waals surface area (Å²) >= 11 is 3.35. The molecule has 0 saturated heterocycles. The normalized spacial score (nSPS) is 16.3. The molecule has 1 unspecified atom stereocenters. The summed E-state index contributed by atoms with van der Waals surface area (Å²) < 4.78 is -1.08. The average molecular weight is 275 g/mol. The minimum Gasteiger partial charge on any atom is -0.479 e. The molecule has 0 saturated carbocycles. The van der Waals surface area contributed by atoms with Crippen molar-refractivity contribution in [1.29, 1.82) is 0 Å². The largest absolute Gasteiger partial charge is 0.479 e. The molecule has 0 bridgehead atoms. The zero-order valence-electron chi connectivity index (χ0n) is 5.63. The van der Waals surface area contributed by atoms with Crippen LogP contribution >= 0.6 is 34.4 Å². The molecule has 0 amide bonds. The summed E-state index contributed by atoms with van der Waals surface area (Å²) in [6, 6.07) is 0. The van der Waals surface area contributed by atoms with Gasteiger partial charge in [0.25, 0.3) is 0 Å². The third-order valence-electron chi connectivity index (χ3n) is 1.03. The van der Waals surface area contributed by atoms with E-state index in [0.717, 1.165) is 5.75 Å². The number of carboxylic acids is 1. The van der Waals surface area contributed by atoms with Crippen molar-refractivity contribution in [1.82, 2.24) is 0 Å². The van der Waals surface area contributed by atoms with Crippen LogP contribution in [0.15, 0.2) is 0 Å². The van der Waals surface area contributed by atoms with E-state index in [9.17, 15) is 4.79 Å². The first-order chi connectivity index (χ1) is 4.50. The van der Waals surface area contributed by atoms with E-state index < -0.39 is 9.51 Å². The second kappa shape index (κ2) is 4.40. The molecule has 5 heteroatoms. The molecule has 0 aliphatic rings. The van der Waals surface area contributed by atoms with Crippen LogP contribution in [0.1, 0.15) is 6.42 Å². The third-order valence-corrected chi connectivity index (χ3v) is 2.64. The number of hydrogen-bond acceptors (Lipinski definition) is 3. The molecule has 3 N–H and O–H groups in total. The van der Waals surface area contributed by atoms with Crippen LogP contribution < -0.4 is 5.73 Å². The molecule has 0 fully saturated rings. The Morgan fingerprint density at radius 2 is 2.40 bits per heavy atom. The van der Waals surface area contributed by atoms with E-state index in [-0.39, 0.29) is 0 Å². The van der Waals surface area contributed by atoms with Gasteiger partial charge >= 0.3 is 5.97 Å². The van der Waals surface area contributed by atoms with Gasteiger partial charge in [-0.15, -0.1) is 0 Å². The van der Waals surface area contributed by atoms with Crippen LogP contribution in [0.25, 0.3) is 0 Å². The molecule has 1 atom stereocenters. The minimum atomic E-state index is -1.08. The van der Waals surface area contributed by atoms with E-state index in [1.54, 1.807) is 34.4 Å². The van der Waals surface area contributed by atoms with Crippen LogP contribution in [-0.2, 0) is 4.79 Å². The van der Waals surface area contributed by atoms with Crippen LogP contribution in [0.2, 0.25) is 0 Å². The van der Waals surface area contributed by atoms with Gasteiger partial charge in [0, 0.05) is 0 Å². The van der Waals surface area contributed by atoms with E-state index in [2.05, 4.69) is 0 Å². The molecule has 3 nitrogen and oxygen atoms in total. The van der Waals surface area contributed by atoms with Crippen LogP contribution in [-0.4, -0.2) is 26.6 Å². The predicted octanol–water partition coefficient (Wildman–Crippen LogP) is 0.914. The molecule has 0 rings (SSSR count). The highest BCUT2D eigenvalue weighted by Crippen LogP contribution is 2.18. The minimum absolute atomic E-state index is 0.504. The SMILES string of the molecule is CSCCC(N)(I)C(=O)O. The maximum atomic E-state index is 10.4. The molecule has 0 aromatic rings. The van der Waals surface area contributed by atoms with Gasteiger partial charge in [-0.3, -0.25) is 0 Å². The van der Waals surface area contributed by atoms with Gasteiger partial charge in [-0.2, -0.15) is 11.8 Å². The van der Waals surface area contributed by atoms with Gasteiger partial charge in [0.1, 0.15) is 0 Å². The van der Waals surface area contributed by atoms with E-state index >= 15 is 0 Å². The maximum Gasteiger partial charge on any atom is 0.333 e. The highest BCUT2D eigenvalue weighted by atomic mass is 127. The zero-order chi connectivity index (χ0) is 8.20. The topological polar surface area (TPSA) is 63.3 Å². The number of thioether (sulfide) groups is 1. The predicted molar refractivity (Wildman–Crippen MR) is 51.6 cm³/mol. The molecular weight excluding hydrogens is 265 g/mol. The zero-order valence-corrected chi connectivity index (χ0v) is 8.61. The summed E-state index contributed by atoms with van der Waals surface area (Å²) in [6.45, 7) is 0. The van der Waals surface area contributed by atoms with Gasteiger partial charge in [0.15, 0.2) is 3.55 Å². The highest BCUT2D eigenvalue weighted by Gasteiger charge is 2.29. The lowest BCUT2D eigenvalue weighted by Gasteiger charge is -2.15. The summed E-state index contributed by atoms with van der Waals surface area (Å²) in [5.41, 5.74) is 5.42. The van der Waals surface area contributed by atoms with Gasteiger partial charge in [-0.1, -0.05) is 0 Å². The van der Waals surface area contributed by atoms with Crippen LogP contribution in [0.4, 0.5) is 0 Å². The Kier molecular flexibility index (Phi) is 4.63. The fraction of sp³-hybridized carbons (Fsp3) is 0.800. The number of halogens is 1. The molecule has 0 radical (unpaired) electrons. The quantitative estimate of drug-likeness (QED) is 0.455. The molecule has 10 heavy (non-hydrogen) atoms. The first kappa shape index (κ1) is 10.5. The Morgan fingerprint density at radius 3 is 2.70 bits per heavy atom. The first-order valence-electron chi connectivity index (χ1n) is 2.71. The summed E-state index contributed by atoms with van der Waals surface area (Å²) in [6.07, 6.45) is 2.43. The fourth-order valence-corrected chi connectivity index (χ4v) is 1.52. The number of carbonyl (C=O) groups is 1. The second-order valence-corrected chi connectivity index (χ2v) is 4.82. The van der Waals surface area contributed by atoms with Gasteiger partial charge in [0.2, 0.25) is 0 Å². The number of alkyl halides is 1. The Hall–Kier alpha value is 0.510. The van der Waals surface area contributed by atoms with Crippen molar-refractivity contribution in [2.75, 3.05) is 12.0 Å². The monoisotopic (exact) mass is 275 g/mol. The molecule has 0 aliphatic heterocycles. The lowest BCUT2D eigenvalue weighted by molar-refractivity contribution is -0.139. The third kappa shape index (κ3) is 3.62. The maximum absolute atomic E-state index is 10.4. The fourth-order valence-electron chi connectivity index (χ4n) is 0.358. The van der Waals surface area contributed by atoms with Gasteiger partial charge in [-0.25, -0.2) is 4.79 Å². The number of aliphatic carboxylic acids is 1. The Bertz CT molecular complexity index is 129. The number of hydrogen-bond donors (Lipinski definition) is 2. The molecular formula is C5H10INO2S. The van der Waals surface area contributed by atoms with Gasteiger partial charge in [-0.05, 0) is 41.0 Å². The molecule has 0 aliphatic carbocycles. The Morgan fingerprint density at radius 1 is 1.90 bits per heavy atom. The molecule has 0 aromatic carbocycles. The van der Waals surface area contributed by atoms with Crippen molar-refractivity contribution in [2.24, 2.45) is 5.73 Å². The Labute approximate surface area is 77.9 Å². The van der Waals surface area contributed by atoms with Crippen molar-refractivity contribution in [3.63, 3.8) is 0 Å². The highest BCUT2D eigenvalue weighted by molar-refractivity contribution is 14.1.